The van der Waals surface area contributed by atoms with Gasteiger partial charge in [0, 0.05) is 42.0 Å². The molecule has 0 saturated heterocycles. The molecule has 238 valence electrons. The highest BCUT2D eigenvalue weighted by molar-refractivity contribution is 6.31. The highest BCUT2D eigenvalue weighted by Crippen LogP contribution is 2.34. The first-order chi connectivity index (χ1) is 21.1. The van der Waals surface area contributed by atoms with Gasteiger partial charge in [-0.15, -0.1) is 0 Å². The molecule has 0 aliphatic rings. The second kappa shape index (κ2) is 17.1. The van der Waals surface area contributed by atoms with Crippen molar-refractivity contribution in [3.63, 3.8) is 0 Å². The maximum absolute atomic E-state index is 12.3. The molecule has 1 heterocycles. The molecule has 0 fully saturated rings. The van der Waals surface area contributed by atoms with E-state index in [1.165, 1.54) is 4.90 Å². The van der Waals surface area contributed by atoms with Gasteiger partial charge in [0.05, 0.1) is 36.9 Å². The van der Waals surface area contributed by atoms with Crippen LogP contribution in [0.4, 0.5) is 15.3 Å². The van der Waals surface area contributed by atoms with Gasteiger partial charge in [-0.1, -0.05) is 37.3 Å². The molecule has 0 spiro atoms. The quantitative estimate of drug-likeness (QED) is 0.0944. The molecule has 13 nitrogen and oxygen atoms in total. The Labute approximate surface area is 259 Å². The highest BCUT2D eigenvalue weighted by atomic mass is 35.5. The third kappa shape index (κ3) is 10.4. The summed E-state index contributed by atoms with van der Waals surface area (Å²) in [4.78, 5) is 51.4. The Bertz CT molecular complexity index is 1460. The van der Waals surface area contributed by atoms with Crippen LogP contribution in [0.5, 0.6) is 5.75 Å². The molecule has 3 rings (SSSR count). The first kappa shape index (κ1) is 34.1. The summed E-state index contributed by atoms with van der Waals surface area (Å²) in [5, 5.41) is 35.9. The van der Waals surface area contributed by atoms with Gasteiger partial charge < -0.3 is 30.7 Å². The van der Waals surface area contributed by atoms with Crippen molar-refractivity contribution in [1.29, 1.82) is 0 Å². The van der Waals surface area contributed by atoms with E-state index in [9.17, 15) is 19.2 Å². The van der Waals surface area contributed by atoms with Crippen LogP contribution in [0.15, 0.2) is 36.4 Å². The number of halogens is 1. The van der Waals surface area contributed by atoms with Crippen molar-refractivity contribution < 1.29 is 39.2 Å². The number of imide groups is 1. The van der Waals surface area contributed by atoms with Crippen molar-refractivity contribution in [2.24, 2.45) is 0 Å². The Hall–Kier alpha value is -4.36. The predicted octanol–water partition coefficient (Wildman–Crippen LogP) is 4.96. The van der Waals surface area contributed by atoms with E-state index in [4.69, 9.17) is 36.6 Å². The summed E-state index contributed by atoms with van der Waals surface area (Å²) in [5.41, 5.74) is 2.68. The van der Waals surface area contributed by atoms with Gasteiger partial charge in [-0.05, 0) is 49.2 Å². The predicted molar refractivity (Wildman–Crippen MR) is 167 cm³/mol. The van der Waals surface area contributed by atoms with Crippen molar-refractivity contribution in [2.45, 2.75) is 38.5 Å². The number of nitrogens with zero attached hydrogens (tertiary/aromatic N) is 3. The van der Waals surface area contributed by atoms with E-state index in [-0.39, 0.29) is 18.0 Å². The van der Waals surface area contributed by atoms with Crippen LogP contribution in [0.2, 0.25) is 5.02 Å². The van der Waals surface area contributed by atoms with Crippen molar-refractivity contribution in [3.05, 3.63) is 41.4 Å². The molecule has 2 aromatic carbocycles. The van der Waals surface area contributed by atoms with Gasteiger partial charge >= 0.3 is 18.2 Å². The van der Waals surface area contributed by atoms with Crippen LogP contribution in [-0.2, 0) is 9.59 Å². The number of unbranched alkanes of at least 4 members (excludes halogenated alkanes) is 5. The second-order valence-corrected chi connectivity index (χ2v) is 10.7. The van der Waals surface area contributed by atoms with Crippen molar-refractivity contribution in [2.75, 3.05) is 51.7 Å². The van der Waals surface area contributed by atoms with Crippen LogP contribution in [0.25, 0.3) is 21.8 Å². The van der Waals surface area contributed by atoms with Gasteiger partial charge in [0.1, 0.15) is 5.75 Å². The van der Waals surface area contributed by atoms with E-state index in [2.05, 4.69) is 10.6 Å². The van der Waals surface area contributed by atoms with Gasteiger partial charge in [0.2, 0.25) is 5.91 Å². The monoisotopic (exact) mass is 631 g/mol. The smallest absolute Gasteiger partial charge is 0.416 e. The van der Waals surface area contributed by atoms with Crippen LogP contribution in [0, 0.1) is 0 Å². The molecule has 3 aromatic rings. The average Bonchev–Trinajstić information content (AvgIpc) is 2.96. The number of hydrogen-bond acceptors (Lipinski definition) is 8. The number of aromatic nitrogens is 1. The molecule has 0 aliphatic carbocycles. The summed E-state index contributed by atoms with van der Waals surface area (Å²) in [6, 6.07) is 11.5. The molecule has 44 heavy (non-hydrogen) atoms. The fourth-order valence-corrected chi connectivity index (χ4v) is 4.96. The lowest BCUT2D eigenvalue weighted by Gasteiger charge is -2.22. The molecule has 0 atom stereocenters. The highest BCUT2D eigenvalue weighted by Gasteiger charge is 2.22. The van der Waals surface area contributed by atoms with E-state index < -0.39 is 37.2 Å². The number of carbonyl (C=O) groups excluding carboxylic acids is 1. The Balaban J connectivity index is 1.36. The fraction of sp³-hybridized carbons (Fsp3) is 0.433. The number of amides is 3. The molecule has 0 saturated carbocycles. The molecule has 0 bridgehead atoms. The Morgan fingerprint density at radius 3 is 2.16 bits per heavy atom. The molecule has 0 unspecified atom stereocenters. The molecule has 14 heteroatoms. The number of anilines is 1. The molecular weight excluding hydrogens is 594 g/mol. The van der Waals surface area contributed by atoms with E-state index in [1.54, 1.807) is 7.11 Å². The van der Waals surface area contributed by atoms with Crippen LogP contribution in [0.1, 0.15) is 38.5 Å². The number of carbonyl (C=O) groups is 4. The zero-order valence-corrected chi connectivity index (χ0v) is 25.3. The summed E-state index contributed by atoms with van der Waals surface area (Å²) >= 11 is 6.21. The van der Waals surface area contributed by atoms with E-state index in [0.29, 0.717) is 11.6 Å². The number of pyridine rings is 1. The van der Waals surface area contributed by atoms with Gasteiger partial charge in [-0.2, -0.15) is 0 Å². The minimum absolute atomic E-state index is 0.139. The molecule has 1 aromatic heterocycles. The van der Waals surface area contributed by atoms with Crippen LogP contribution >= 0.6 is 11.6 Å². The summed E-state index contributed by atoms with van der Waals surface area (Å²) in [6.07, 6.45) is 2.37. The zero-order chi connectivity index (χ0) is 32.1. The van der Waals surface area contributed by atoms with Crippen LogP contribution in [-0.4, -0.2) is 101 Å². The normalized spacial score (nSPS) is 11.1. The third-order valence-corrected chi connectivity index (χ3v) is 7.23. The summed E-state index contributed by atoms with van der Waals surface area (Å²) in [5.74, 6) is -0.865. The Morgan fingerprint density at radius 1 is 0.818 bits per heavy atom. The lowest BCUT2D eigenvalue weighted by atomic mass is 10.1. The van der Waals surface area contributed by atoms with Crippen LogP contribution < -0.4 is 15.4 Å². The number of nitrogens with one attached hydrogen (secondary N) is 2. The van der Waals surface area contributed by atoms with Crippen molar-refractivity contribution in [1.82, 2.24) is 20.1 Å². The van der Waals surface area contributed by atoms with E-state index >= 15 is 0 Å². The Kier molecular flexibility index (Phi) is 13.2. The van der Waals surface area contributed by atoms with Gasteiger partial charge in [-0.3, -0.25) is 14.5 Å². The number of rotatable bonds is 18. The molecule has 5 N–H and O–H groups in total. The fourth-order valence-electron chi connectivity index (χ4n) is 4.79. The Morgan fingerprint density at radius 2 is 1.50 bits per heavy atom. The van der Waals surface area contributed by atoms with Crippen molar-refractivity contribution >= 4 is 63.2 Å². The number of benzene rings is 2. The number of fused-ring (bicyclic) bond motifs is 2. The van der Waals surface area contributed by atoms with Gasteiger partial charge in [0.15, 0.2) is 0 Å². The number of carboxylic acid groups (broad SMARTS) is 3. The average molecular weight is 632 g/mol. The summed E-state index contributed by atoms with van der Waals surface area (Å²) in [7, 11) is 1.64. The first-order valence-corrected chi connectivity index (χ1v) is 14.7. The zero-order valence-electron chi connectivity index (χ0n) is 24.6. The number of ether oxygens (including phenoxy) is 1. The maximum Gasteiger partial charge on any atom is 0.416 e. The number of carboxylic acids is 1. The minimum Gasteiger partial charge on any atom is -0.497 e. The van der Waals surface area contributed by atoms with Crippen LogP contribution in [0.3, 0.4) is 0 Å². The first-order valence-electron chi connectivity index (χ1n) is 14.3. The largest absolute Gasteiger partial charge is 0.497 e. The summed E-state index contributed by atoms with van der Waals surface area (Å²) < 4.78 is 5.42. The van der Waals surface area contributed by atoms with E-state index in [1.807, 2.05) is 36.4 Å². The van der Waals surface area contributed by atoms with Gasteiger partial charge in [0.25, 0.3) is 0 Å². The molecular formula is C30H38ClN5O8. The number of aliphatic carboxylic acids is 1. The van der Waals surface area contributed by atoms with E-state index in [0.717, 1.165) is 78.3 Å². The van der Waals surface area contributed by atoms with Crippen molar-refractivity contribution in [3.8, 4) is 5.75 Å². The van der Waals surface area contributed by atoms with Gasteiger partial charge in [-0.25, -0.2) is 19.5 Å². The summed E-state index contributed by atoms with van der Waals surface area (Å²) in [6.45, 7) is -0.288. The molecule has 0 radical (unpaired) electrons. The second-order valence-electron chi connectivity index (χ2n) is 10.3. The number of methoxy groups -OCH3 is 1. The number of hydrogen-bond donors (Lipinski definition) is 5. The minimum atomic E-state index is -1.67. The topological polar surface area (TPSA) is 182 Å². The molecule has 0 aliphatic heterocycles. The third-order valence-electron chi connectivity index (χ3n) is 7.00. The maximum atomic E-state index is 12.3. The lowest BCUT2D eigenvalue weighted by molar-refractivity contribution is -0.138. The lowest BCUT2D eigenvalue weighted by Crippen LogP contribution is -2.45. The standard InChI is InChI=1S/C30H38ClN5O8/c1-44-21-9-11-24-23(17-21)28(22-10-8-20(31)16-25(22)34-24)33-13-7-5-3-2-4-6-12-32-26(37)18-35(19-27(38)39)14-15-36(29(40)41)30(42)43/h8-11,16-17H,2-7,12-15,18-19H2,1H3,(H,32,37)(H,33,34)(H,38,39)(H,40,41)(H,42,43). The molecule has 3 amide bonds. The SMILES string of the molecule is COc1ccc2nc3cc(Cl)ccc3c(NCCCCCCCCNC(=O)CN(CCN(C(=O)O)C(=O)O)CC(=O)O)c2c1.